The molecule has 0 aliphatic heterocycles. The molecule has 1 aromatic carbocycles. The van der Waals surface area contributed by atoms with Crippen molar-refractivity contribution in [2.24, 2.45) is 0 Å². The fraction of sp³-hybridized carbons (Fsp3) is 0.389. The fourth-order valence-electron chi connectivity index (χ4n) is 2.38. The minimum atomic E-state index is 0.0785. The Morgan fingerprint density at radius 3 is 2.61 bits per heavy atom. The third-order valence-electron chi connectivity index (χ3n) is 3.74. The molecule has 0 saturated heterocycles. The largest absolute Gasteiger partial charge is 0.467 e. The monoisotopic (exact) mass is 331 g/mol. The number of hydrogen-bond donors (Lipinski definition) is 1. The minimum Gasteiger partial charge on any atom is -0.467 e. The molecule has 0 bridgehead atoms. The summed E-state index contributed by atoms with van der Waals surface area (Å²) in [5.41, 5.74) is 2.22. The zero-order valence-electron chi connectivity index (χ0n) is 14.2. The summed E-state index contributed by atoms with van der Waals surface area (Å²) >= 11 is 5.66. The van der Waals surface area contributed by atoms with Crippen LogP contribution in [0.5, 0.6) is 0 Å². The molecular formula is C18H25N3OS. The third-order valence-corrected chi connectivity index (χ3v) is 4.08. The number of aryl methyl sites for hydroxylation is 1. The van der Waals surface area contributed by atoms with E-state index in [1.165, 1.54) is 5.56 Å². The lowest BCUT2D eigenvalue weighted by Gasteiger charge is -2.31. The van der Waals surface area contributed by atoms with E-state index in [2.05, 4.69) is 55.2 Å². The maximum Gasteiger partial charge on any atom is 0.174 e. The van der Waals surface area contributed by atoms with E-state index in [4.69, 9.17) is 16.6 Å². The Balaban J connectivity index is 2.13. The highest BCUT2D eigenvalue weighted by atomic mass is 32.1. The van der Waals surface area contributed by atoms with Crippen LogP contribution in [0.3, 0.4) is 0 Å². The van der Waals surface area contributed by atoms with Crippen molar-refractivity contribution in [1.82, 2.24) is 9.80 Å². The second kappa shape index (κ2) is 8.13. The summed E-state index contributed by atoms with van der Waals surface area (Å²) < 4.78 is 5.56. The van der Waals surface area contributed by atoms with Gasteiger partial charge in [0.05, 0.1) is 12.3 Å². The lowest BCUT2D eigenvalue weighted by molar-refractivity contribution is 0.263. The molecule has 0 unspecified atom stereocenters. The second-order valence-corrected chi connectivity index (χ2v) is 6.37. The lowest BCUT2D eigenvalue weighted by Crippen LogP contribution is -2.40. The lowest BCUT2D eigenvalue weighted by atomic mass is 10.2. The van der Waals surface area contributed by atoms with Gasteiger partial charge in [-0.2, -0.15) is 0 Å². The van der Waals surface area contributed by atoms with Gasteiger partial charge in [-0.3, -0.25) is 0 Å². The van der Waals surface area contributed by atoms with Crippen LogP contribution < -0.4 is 5.32 Å². The van der Waals surface area contributed by atoms with E-state index >= 15 is 0 Å². The minimum absolute atomic E-state index is 0.0785. The third kappa shape index (κ3) is 5.08. The molecule has 0 amide bonds. The van der Waals surface area contributed by atoms with Crippen LogP contribution in [0.2, 0.25) is 0 Å². The summed E-state index contributed by atoms with van der Waals surface area (Å²) in [6, 6.07) is 12.2. The molecule has 5 heteroatoms. The maximum absolute atomic E-state index is 5.66. The average Bonchev–Trinajstić information content (AvgIpc) is 3.01. The molecule has 1 aromatic heterocycles. The number of anilines is 1. The fourth-order valence-corrected chi connectivity index (χ4v) is 2.75. The number of nitrogens with one attached hydrogen (secondary N) is 1. The van der Waals surface area contributed by atoms with Crippen molar-refractivity contribution in [2.75, 3.05) is 32.5 Å². The van der Waals surface area contributed by atoms with Crippen molar-refractivity contribution >= 4 is 23.0 Å². The Morgan fingerprint density at radius 2 is 2.00 bits per heavy atom. The summed E-state index contributed by atoms with van der Waals surface area (Å²) in [7, 11) is 4.12. The summed E-state index contributed by atoms with van der Waals surface area (Å²) in [4.78, 5) is 4.31. The Morgan fingerprint density at radius 1 is 1.22 bits per heavy atom. The number of hydrogen-bond acceptors (Lipinski definition) is 3. The first-order valence-electron chi connectivity index (χ1n) is 7.80. The van der Waals surface area contributed by atoms with E-state index in [9.17, 15) is 0 Å². The predicted octanol–water partition coefficient (Wildman–Crippen LogP) is 3.91. The standard InChI is InChI=1S/C18H25N3OS/c1-14-7-5-8-16(13-14)19-18(23)21(11-10-20(3)4)15(2)17-9-6-12-22-17/h5-9,12-13,15H,10-11H2,1-4H3,(H,19,23)/t15-/m1/s1. The molecule has 4 nitrogen and oxygen atoms in total. The summed E-state index contributed by atoms with van der Waals surface area (Å²) in [6.45, 7) is 5.93. The van der Waals surface area contributed by atoms with Gasteiger partial charge in [0.1, 0.15) is 5.76 Å². The van der Waals surface area contributed by atoms with Gasteiger partial charge in [0, 0.05) is 18.8 Å². The Bertz CT molecular complexity index is 625. The van der Waals surface area contributed by atoms with Crippen molar-refractivity contribution < 1.29 is 4.42 Å². The van der Waals surface area contributed by atoms with Gasteiger partial charge in [-0.1, -0.05) is 12.1 Å². The average molecular weight is 331 g/mol. The first-order chi connectivity index (χ1) is 11.0. The van der Waals surface area contributed by atoms with Crippen LogP contribution in [-0.4, -0.2) is 42.1 Å². The highest BCUT2D eigenvalue weighted by Crippen LogP contribution is 2.22. The molecule has 0 radical (unpaired) electrons. The molecule has 23 heavy (non-hydrogen) atoms. The smallest absolute Gasteiger partial charge is 0.174 e. The Hall–Kier alpha value is -1.85. The van der Waals surface area contributed by atoms with Crippen LogP contribution in [0.25, 0.3) is 0 Å². The Labute approximate surface area is 144 Å². The van der Waals surface area contributed by atoms with Crippen LogP contribution in [-0.2, 0) is 0 Å². The normalized spacial score (nSPS) is 12.2. The Kier molecular flexibility index (Phi) is 6.19. The first kappa shape index (κ1) is 17.5. The summed E-state index contributed by atoms with van der Waals surface area (Å²) in [5.74, 6) is 0.914. The van der Waals surface area contributed by atoms with E-state index in [0.717, 1.165) is 24.5 Å². The molecule has 0 aliphatic carbocycles. The number of likely N-dealkylation sites (N-methyl/N-ethyl adjacent to an activating group) is 1. The second-order valence-electron chi connectivity index (χ2n) is 5.99. The van der Waals surface area contributed by atoms with Crippen molar-refractivity contribution in [3.8, 4) is 0 Å². The summed E-state index contributed by atoms with van der Waals surface area (Å²) in [6.07, 6.45) is 1.70. The van der Waals surface area contributed by atoms with Crippen LogP contribution in [0.4, 0.5) is 5.69 Å². The van der Waals surface area contributed by atoms with Crippen LogP contribution in [0, 0.1) is 6.92 Å². The maximum atomic E-state index is 5.66. The van der Waals surface area contributed by atoms with Crippen molar-refractivity contribution in [1.29, 1.82) is 0 Å². The molecule has 2 aromatic rings. The van der Waals surface area contributed by atoms with Gasteiger partial charge >= 0.3 is 0 Å². The molecule has 0 saturated carbocycles. The topological polar surface area (TPSA) is 31.6 Å². The molecule has 2 rings (SSSR count). The molecule has 1 atom stereocenters. The number of benzene rings is 1. The van der Waals surface area contributed by atoms with E-state index in [0.29, 0.717) is 5.11 Å². The molecule has 124 valence electrons. The highest BCUT2D eigenvalue weighted by Gasteiger charge is 2.21. The molecule has 0 fully saturated rings. The van der Waals surface area contributed by atoms with E-state index in [-0.39, 0.29) is 6.04 Å². The van der Waals surface area contributed by atoms with Crippen molar-refractivity contribution in [3.05, 3.63) is 54.0 Å². The van der Waals surface area contributed by atoms with Gasteiger partial charge in [-0.15, -0.1) is 0 Å². The van der Waals surface area contributed by atoms with Crippen molar-refractivity contribution in [2.45, 2.75) is 19.9 Å². The van der Waals surface area contributed by atoms with E-state index in [1.807, 2.05) is 24.3 Å². The molecular weight excluding hydrogens is 306 g/mol. The molecule has 0 aliphatic rings. The zero-order chi connectivity index (χ0) is 16.8. The van der Waals surface area contributed by atoms with E-state index in [1.54, 1.807) is 6.26 Å². The van der Waals surface area contributed by atoms with Gasteiger partial charge in [0.15, 0.2) is 5.11 Å². The van der Waals surface area contributed by atoms with Crippen LogP contribution in [0.15, 0.2) is 47.1 Å². The first-order valence-corrected chi connectivity index (χ1v) is 8.20. The van der Waals surface area contributed by atoms with Gasteiger partial charge in [0.25, 0.3) is 0 Å². The molecule has 1 N–H and O–H groups in total. The van der Waals surface area contributed by atoms with E-state index < -0.39 is 0 Å². The van der Waals surface area contributed by atoms with Crippen molar-refractivity contribution in [3.63, 3.8) is 0 Å². The SMILES string of the molecule is Cc1cccc(NC(=S)N(CCN(C)C)[C@H](C)c2ccco2)c1. The number of thiocarbonyl (C=S) groups is 1. The van der Waals surface area contributed by atoms with Gasteiger partial charge < -0.3 is 19.5 Å². The number of nitrogens with zero attached hydrogens (tertiary/aromatic N) is 2. The predicted molar refractivity (Wildman–Crippen MR) is 99.8 cm³/mol. The number of rotatable bonds is 6. The van der Waals surface area contributed by atoms with Crippen LogP contribution >= 0.6 is 12.2 Å². The zero-order valence-corrected chi connectivity index (χ0v) is 15.1. The highest BCUT2D eigenvalue weighted by molar-refractivity contribution is 7.80. The summed E-state index contributed by atoms with van der Waals surface area (Å²) in [5, 5.41) is 4.06. The molecule has 1 heterocycles. The quantitative estimate of drug-likeness (QED) is 0.811. The number of furan rings is 1. The van der Waals surface area contributed by atoms with Gasteiger partial charge in [-0.25, -0.2) is 0 Å². The molecule has 0 spiro atoms. The van der Waals surface area contributed by atoms with Gasteiger partial charge in [-0.05, 0) is 70.0 Å². The van der Waals surface area contributed by atoms with Gasteiger partial charge in [0.2, 0.25) is 0 Å². The van der Waals surface area contributed by atoms with Crippen LogP contribution in [0.1, 0.15) is 24.3 Å².